The molecule has 29 heavy (non-hydrogen) atoms. The molecule has 7 nitrogen and oxygen atoms in total. The lowest BCUT2D eigenvalue weighted by atomic mass is 10.1. The first-order valence-corrected chi connectivity index (χ1v) is 10.8. The van der Waals surface area contributed by atoms with Crippen LogP contribution >= 0.6 is 11.8 Å². The van der Waals surface area contributed by atoms with E-state index in [0.717, 1.165) is 22.8 Å². The van der Waals surface area contributed by atoms with Crippen molar-refractivity contribution in [3.8, 4) is 22.9 Å². The van der Waals surface area contributed by atoms with Crippen LogP contribution in [0.25, 0.3) is 22.9 Å². The zero-order valence-electron chi connectivity index (χ0n) is 16.9. The van der Waals surface area contributed by atoms with E-state index in [1.165, 1.54) is 17.5 Å². The number of thioether (sulfide) groups is 1. The second-order valence-electron chi connectivity index (χ2n) is 7.07. The minimum Gasteiger partial charge on any atom is -0.237 e. The summed E-state index contributed by atoms with van der Waals surface area (Å²) in [5, 5.41) is 9.03. The maximum atomic E-state index is 4.92. The highest BCUT2D eigenvalue weighted by atomic mass is 32.2. The lowest BCUT2D eigenvalue weighted by Crippen LogP contribution is -2.08. The molecule has 0 amide bonds. The van der Waals surface area contributed by atoms with E-state index in [9.17, 15) is 0 Å². The van der Waals surface area contributed by atoms with E-state index in [1.807, 2.05) is 28.6 Å². The molecule has 1 atom stereocenters. The fourth-order valence-electron chi connectivity index (χ4n) is 3.15. The Balaban J connectivity index is 1.81. The van der Waals surface area contributed by atoms with Gasteiger partial charge < -0.3 is 0 Å². The number of aryl methyl sites for hydroxylation is 2. The summed E-state index contributed by atoms with van der Waals surface area (Å²) in [4.78, 5) is 13.3. The lowest BCUT2D eigenvalue weighted by molar-refractivity contribution is 0.721. The lowest BCUT2D eigenvalue weighted by Gasteiger charge is -2.12. The molecule has 8 heteroatoms. The molecule has 148 valence electrons. The molecule has 4 rings (SSSR count). The maximum absolute atomic E-state index is 4.92. The van der Waals surface area contributed by atoms with Gasteiger partial charge in [-0.25, -0.2) is 24.3 Å². The SMILES string of the molecule is CSCC(C)c1nc(-c2ccnc(-n3cncn3)c2)nn1-c1ccc(C)c(C)c1. The third-order valence-corrected chi connectivity index (χ3v) is 5.72. The van der Waals surface area contributed by atoms with Crippen molar-refractivity contribution in [1.29, 1.82) is 0 Å². The third-order valence-electron chi connectivity index (χ3n) is 4.88. The smallest absolute Gasteiger partial charge is 0.182 e. The van der Waals surface area contributed by atoms with Gasteiger partial charge in [0.15, 0.2) is 11.6 Å². The molecule has 0 saturated heterocycles. The van der Waals surface area contributed by atoms with Gasteiger partial charge in [0.05, 0.1) is 5.69 Å². The van der Waals surface area contributed by atoms with Crippen LogP contribution in [-0.2, 0) is 0 Å². The van der Waals surface area contributed by atoms with Crippen molar-refractivity contribution in [3.05, 3.63) is 66.1 Å². The molecule has 1 aromatic carbocycles. The molecule has 0 aliphatic rings. The van der Waals surface area contributed by atoms with E-state index >= 15 is 0 Å². The Bertz CT molecular complexity index is 1120. The molecule has 1 unspecified atom stereocenters. The number of hydrogen-bond donors (Lipinski definition) is 0. The Morgan fingerprint density at radius 1 is 1.10 bits per heavy atom. The average molecular weight is 406 g/mol. The van der Waals surface area contributed by atoms with Gasteiger partial charge in [0.25, 0.3) is 0 Å². The molecule has 0 aliphatic heterocycles. The van der Waals surface area contributed by atoms with Crippen molar-refractivity contribution in [3.63, 3.8) is 0 Å². The Hall–Kier alpha value is -3.00. The van der Waals surface area contributed by atoms with E-state index in [2.05, 4.69) is 60.3 Å². The summed E-state index contributed by atoms with van der Waals surface area (Å²) in [6.45, 7) is 6.43. The van der Waals surface area contributed by atoms with Crippen LogP contribution in [0.5, 0.6) is 0 Å². The summed E-state index contributed by atoms with van der Waals surface area (Å²) < 4.78 is 3.60. The van der Waals surface area contributed by atoms with E-state index in [1.54, 1.807) is 17.2 Å². The number of nitrogens with zero attached hydrogens (tertiary/aromatic N) is 7. The van der Waals surface area contributed by atoms with Crippen molar-refractivity contribution in [2.24, 2.45) is 0 Å². The number of benzene rings is 1. The van der Waals surface area contributed by atoms with Crippen LogP contribution < -0.4 is 0 Å². The summed E-state index contributed by atoms with van der Waals surface area (Å²) in [6.07, 6.45) is 6.97. The van der Waals surface area contributed by atoms with Gasteiger partial charge in [-0.2, -0.15) is 16.9 Å². The normalized spacial score (nSPS) is 12.3. The summed E-state index contributed by atoms with van der Waals surface area (Å²) in [5.74, 6) is 3.56. The Morgan fingerprint density at radius 2 is 1.97 bits per heavy atom. The Labute approximate surface area is 174 Å². The van der Waals surface area contributed by atoms with Gasteiger partial charge in [0, 0.05) is 23.4 Å². The van der Waals surface area contributed by atoms with Gasteiger partial charge in [0.2, 0.25) is 0 Å². The molecule has 4 aromatic rings. The van der Waals surface area contributed by atoms with Crippen LogP contribution in [0.2, 0.25) is 0 Å². The molecule has 0 spiro atoms. The zero-order valence-corrected chi connectivity index (χ0v) is 17.8. The third kappa shape index (κ3) is 3.93. The standard InChI is InChI=1S/C21H23N7S/c1-14-5-6-18(9-15(14)2)28-21(16(3)11-29-4)25-20(26-28)17-7-8-23-19(10-17)27-13-22-12-24-27/h5-10,12-13,16H,11H2,1-4H3. The fraction of sp³-hybridized carbons (Fsp3) is 0.286. The Morgan fingerprint density at radius 3 is 2.69 bits per heavy atom. The monoisotopic (exact) mass is 405 g/mol. The average Bonchev–Trinajstić information content (AvgIpc) is 3.41. The first-order chi connectivity index (χ1) is 14.1. The highest BCUT2D eigenvalue weighted by Gasteiger charge is 2.19. The van der Waals surface area contributed by atoms with Gasteiger partial charge in [-0.05, 0) is 55.5 Å². The Kier molecular flexibility index (Phi) is 5.44. The number of rotatable bonds is 6. The van der Waals surface area contributed by atoms with Crippen LogP contribution in [0, 0.1) is 13.8 Å². The topological polar surface area (TPSA) is 74.3 Å². The van der Waals surface area contributed by atoms with Crippen molar-refractivity contribution in [2.75, 3.05) is 12.0 Å². The molecular weight excluding hydrogens is 382 g/mol. The second-order valence-corrected chi connectivity index (χ2v) is 7.98. The van der Waals surface area contributed by atoms with Gasteiger partial charge in [0.1, 0.15) is 18.5 Å². The van der Waals surface area contributed by atoms with Crippen molar-refractivity contribution in [1.82, 2.24) is 34.5 Å². The van der Waals surface area contributed by atoms with Gasteiger partial charge in [-0.1, -0.05) is 13.0 Å². The molecule has 0 N–H and O–H groups in total. The highest BCUT2D eigenvalue weighted by molar-refractivity contribution is 7.98. The largest absolute Gasteiger partial charge is 0.237 e. The number of aromatic nitrogens is 7. The van der Waals surface area contributed by atoms with Gasteiger partial charge >= 0.3 is 0 Å². The first kappa shape index (κ1) is 19.3. The molecule has 3 aromatic heterocycles. The predicted molar refractivity (Wildman–Crippen MR) is 116 cm³/mol. The van der Waals surface area contributed by atoms with Crippen molar-refractivity contribution in [2.45, 2.75) is 26.7 Å². The fourth-order valence-corrected chi connectivity index (χ4v) is 3.80. The zero-order chi connectivity index (χ0) is 20.4. The molecule has 0 fully saturated rings. The maximum Gasteiger partial charge on any atom is 0.182 e. The summed E-state index contributed by atoms with van der Waals surface area (Å²) >= 11 is 1.81. The first-order valence-electron chi connectivity index (χ1n) is 9.41. The van der Waals surface area contributed by atoms with Crippen LogP contribution in [0.15, 0.2) is 49.2 Å². The summed E-state index contributed by atoms with van der Waals surface area (Å²) in [6, 6.07) is 10.2. The molecule has 3 heterocycles. The van der Waals surface area contributed by atoms with Crippen molar-refractivity contribution < 1.29 is 0 Å². The summed E-state index contributed by atoms with van der Waals surface area (Å²) in [5.41, 5.74) is 4.42. The molecule has 0 bridgehead atoms. The number of hydrogen-bond acceptors (Lipinski definition) is 6. The van der Waals surface area contributed by atoms with Crippen LogP contribution in [0.1, 0.15) is 29.8 Å². The summed E-state index contributed by atoms with van der Waals surface area (Å²) in [7, 11) is 0. The molecule has 0 aliphatic carbocycles. The molecular formula is C21H23N7S. The van der Waals surface area contributed by atoms with Crippen molar-refractivity contribution >= 4 is 11.8 Å². The predicted octanol–water partition coefficient (Wildman–Crippen LogP) is 3.99. The minimum absolute atomic E-state index is 0.268. The van der Waals surface area contributed by atoms with Crippen LogP contribution in [0.3, 0.4) is 0 Å². The van der Waals surface area contributed by atoms with E-state index in [-0.39, 0.29) is 5.92 Å². The minimum atomic E-state index is 0.268. The molecule has 0 radical (unpaired) electrons. The van der Waals surface area contributed by atoms with Gasteiger partial charge in [-0.15, -0.1) is 5.10 Å². The molecule has 0 saturated carbocycles. The van der Waals surface area contributed by atoms with Crippen LogP contribution in [-0.4, -0.2) is 46.5 Å². The number of pyridine rings is 1. The van der Waals surface area contributed by atoms with Gasteiger partial charge in [-0.3, -0.25) is 0 Å². The quantitative estimate of drug-likeness (QED) is 0.483. The van der Waals surface area contributed by atoms with E-state index in [0.29, 0.717) is 11.6 Å². The van der Waals surface area contributed by atoms with Crippen LogP contribution in [0.4, 0.5) is 0 Å². The highest BCUT2D eigenvalue weighted by Crippen LogP contribution is 2.26. The second kappa shape index (κ2) is 8.16. The van der Waals surface area contributed by atoms with E-state index in [4.69, 9.17) is 10.1 Å². The van der Waals surface area contributed by atoms with E-state index < -0.39 is 0 Å².